The van der Waals surface area contributed by atoms with Crippen molar-refractivity contribution in [2.75, 3.05) is 6.61 Å². The van der Waals surface area contributed by atoms with Crippen molar-refractivity contribution in [3.8, 4) is 11.5 Å². The fraction of sp³-hybridized carbons (Fsp3) is 0.211. The zero-order valence-corrected chi connectivity index (χ0v) is 15.4. The summed E-state index contributed by atoms with van der Waals surface area (Å²) in [4.78, 5) is 14.2. The Bertz CT molecular complexity index is 891. The molecule has 0 saturated carbocycles. The largest absolute Gasteiger partial charge is 0.485 e. The Morgan fingerprint density at radius 2 is 2.08 bits per heavy atom. The van der Waals surface area contributed by atoms with Crippen molar-refractivity contribution in [3.05, 3.63) is 68.5 Å². The molecule has 0 fully saturated rings. The van der Waals surface area contributed by atoms with E-state index in [1.165, 1.54) is 11.3 Å². The van der Waals surface area contributed by atoms with Gasteiger partial charge in [0.2, 0.25) is 6.10 Å². The molecule has 1 aromatic carbocycles. The Balaban J connectivity index is 1.34. The van der Waals surface area contributed by atoms with Crippen LogP contribution in [0.3, 0.4) is 0 Å². The third-order valence-corrected chi connectivity index (χ3v) is 5.89. The summed E-state index contributed by atoms with van der Waals surface area (Å²) in [6, 6.07) is 13.0. The molecule has 0 saturated heterocycles. The van der Waals surface area contributed by atoms with E-state index in [4.69, 9.17) is 9.47 Å². The fourth-order valence-electron chi connectivity index (χ4n) is 2.67. The Morgan fingerprint density at radius 1 is 1.23 bits per heavy atom. The lowest BCUT2D eigenvalue weighted by molar-refractivity contribution is -0.130. The van der Waals surface area contributed by atoms with E-state index in [0.717, 1.165) is 15.3 Å². The summed E-state index contributed by atoms with van der Waals surface area (Å²) >= 11 is 3.04. The molecule has 1 aliphatic rings. The van der Waals surface area contributed by atoms with Gasteiger partial charge in [0.15, 0.2) is 11.5 Å². The van der Waals surface area contributed by atoms with E-state index >= 15 is 0 Å². The maximum Gasteiger partial charge on any atom is 0.264 e. The van der Waals surface area contributed by atoms with Crippen LogP contribution in [-0.4, -0.2) is 23.7 Å². The Hall–Kier alpha value is -2.35. The van der Waals surface area contributed by atoms with Crippen molar-refractivity contribution in [3.63, 3.8) is 0 Å². The van der Waals surface area contributed by atoms with Gasteiger partial charge in [-0.05, 0) is 46.7 Å². The highest BCUT2D eigenvalue weighted by Gasteiger charge is 2.27. The van der Waals surface area contributed by atoms with Gasteiger partial charge in [0.05, 0.1) is 6.54 Å². The van der Waals surface area contributed by atoms with Gasteiger partial charge in [-0.1, -0.05) is 12.1 Å². The van der Waals surface area contributed by atoms with Crippen molar-refractivity contribution in [2.24, 2.45) is 0 Å². The lowest BCUT2D eigenvalue weighted by atomic mass is 10.2. The standard InChI is InChI=1S/C19H17NO4S2/c21-18(12-7-8-25-11-12)17-6-5-13(26-17)9-20-19(22)16-10-23-14-3-1-2-4-15(14)24-16/h1-8,11,16,18,21H,9-10H2,(H,20,22)/t16-,18-/m0/s1. The Kier molecular flexibility index (Phi) is 4.92. The summed E-state index contributed by atoms with van der Waals surface area (Å²) in [6.07, 6.45) is -1.29. The lowest BCUT2D eigenvalue weighted by Crippen LogP contribution is -2.43. The summed E-state index contributed by atoms with van der Waals surface area (Å²) in [7, 11) is 0. The van der Waals surface area contributed by atoms with Crippen LogP contribution >= 0.6 is 22.7 Å². The fourth-order valence-corrected chi connectivity index (χ4v) is 4.31. The molecule has 134 valence electrons. The van der Waals surface area contributed by atoms with Gasteiger partial charge in [0.25, 0.3) is 5.91 Å². The number of aliphatic hydroxyl groups is 1. The quantitative estimate of drug-likeness (QED) is 0.705. The van der Waals surface area contributed by atoms with Crippen LogP contribution in [0.1, 0.15) is 21.4 Å². The molecule has 2 atom stereocenters. The van der Waals surface area contributed by atoms with Crippen LogP contribution in [0.5, 0.6) is 11.5 Å². The van der Waals surface area contributed by atoms with E-state index in [1.54, 1.807) is 17.4 Å². The average molecular weight is 387 g/mol. The topological polar surface area (TPSA) is 67.8 Å². The second kappa shape index (κ2) is 7.49. The third-order valence-electron chi connectivity index (χ3n) is 4.05. The summed E-state index contributed by atoms with van der Waals surface area (Å²) in [5.74, 6) is 1.02. The van der Waals surface area contributed by atoms with Gasteiger partial charge in [0.1, 0.15) is 12.7 Å². The molecular weight excluding hydrogens is 370 g/mol. The number of rotatable bonds is 5. The monoisotopic (exact) mass is 387 g/mol. The molecule has 0 aliphatic carbocycles. The number of carbonyl (C=O) groups is 1. The zero-order valence-electron chi connectivity index (χ0n) is 13.8. The van der Waals surface area contributed by atoms with Crippen LogP contribution in [-0.2, 0) is 11.3 Å². The molecule has 2 N–H and O–H groups in total. The minimum Gasteiger partial charge on any atom is -0.485 e. The number of carbonyl (C=O) groups excluding carboxylic acids is 1. The van der Waals surface area contributed by atoms with Crippen molar-refractivity contribution < 1.29 is 19.4 Å². The average Bonchev–Trinajstić information content (AvgIpc) is 3.37. The molecule has 5 nitrogen and oxygen atoms in total. The van der Waals surface area contributed by atoms with Gasteiger partial charge in [-0.2, -0.15) is 11.3 Å². The highest BCUT2D eigenvalue weighted by Crippen LogP contribution is 2.31. The smallest absolute Gasteiger partial charge is 0.264 e. The summed E-state index contributed by atoms with van der Waals surface area (Å²) in [6.45, 7) is 0.580. The number of thiophene rings is 2. The molecule has 0 bridgehead atoms. The molecule has 2 aromatic heterocycles. The number of aliphatic hydroxyl groups excluding tert-OH is 1. The number of fused-ring (bicyclic) bond motifs is 1. The molecule has 1 amide bonds. The minimum absolute atomic E-state index is 0.190. The predicted molar refractivity (Wildman–Crippen MR) is 101 cm³/mol. The first kappa shape index (κ1) is 17.1. The second-order valence-electron chi connectivity index (χ2n) is 5.85. The normalized spacial score (nSPS) is 16.9. The van der Waals surface area contributed by atoms with Crippen molar-refractivity contribution in [1.82, 2.24) is 5.32 Å². The molecule has 0 unspecified atom stereocenters. The van der Waals surface area contributed by atoms with Gasteiger partial charge < -0.3 is 19.9 Å². The predicted octanol–water partition coefficient (Wildman–Crippen LogP) is 3.35. The van der Waals surface area contributed by atoms with Gasteiger partial charge >= 0.3 is 0 Å². The highest BCUT2D eigenvalue weighted by molar-refractivity contribution is 7.12. The van der Waals surface area contributed by atoms with Gasteiger partial charge in [0, 0.05) is 9.75 Å². The number of hydrogen-bond acceptors (Lipinski definition) is 6. The SMILES string of the molecule is O=C(NCc1ccc([C@@H](O)c2ccsc2)s1)[C@@H]1COc2ccccc2O1. The van der Waals surface area contributed by atoms with Crippen molar-refractivity contribution in [1.29, 1.82) is 0 Å². The van der Waals surface area contributed by atoms with E-state index in [-0.39, 0.29) is 12.5 Å². The number of para-hydroxylation sites is 2. The molecule has 4 rings (SSSR count). The van der Waals surface area contributed by atoms with Gasteiger partial charge in [-0.15, -0.1) is 11.3 Å². The third kappa shape index (κ3) is 3.60. The molecule has 3 heterocycles. The van der Waals surface area contributed by atoms with Crippen LogP contribution in [0.2, 0.25) is 0 Å². The molecule has 7 heteroatoms. The highest BCUT2D eigenvalue weighted by atomic mass is 32.1. The van der Waals surface area contributed by atoms with Crippen LogP contribution in [0.15, 0.2) is 53.2 Å². The molecule has 0 radical (unpaired) electrons. The Labute approximate surface area is 158 Å². The molecule has 3 aromatic rings. The van der Waals surface area contributed by atoms with Gasteiger partial charge in [-0.25, -0.2) is 0 Å². The maximum absolute atomic E-state index is 12.3. The summed E-state index contributed by atoms with van der Waals surface area (Å²) < 4.78 is 11.3. The lowest BCUT2D eigenvalue weighted by Gasteiger charge is -2.25. The number of amides is 1. The number of benzene rings is 1. The number of ether oxygens (including phenoxy) is 2. The molecule has 1 aliphatic heterocycles. The van der Waals surface area contributed by atoms with Crippen LogP contribution in [0.25, 0.3) is 0 Å². The van der Waals surface area contributed by atoms with E-state index in [1.807, 2.05) is 47.2 Å². The van der Waals surface area contributed by atoms with Crippen molar-refractivity contribution >= 4 is 28.6 Å². The first-order chi connectivity index (χ1) is 12.7. The van der Waals surface area contributed by atoms with Crippen molar-refractivity contribution in [2.45, 2.75) is 18.8 Å². The Morgan fingerprint density at radius 3 is 2.88 bits per heavy atom. The van der Waals surface area contributed by atoms with Crippen LogP contribution < -0.4 is 14.8 Å². The number of hydrogen-bond donors (Lipinski definition) is 2. The molecular formula is C19H17NO4S2. The van der Waals surface area contributed by atoms with Crippen LogP contribution in [0.4, 0.5) is 0 Å². The summed E-state index contributed by atoms with van der Waals surface area (Å²) in [5, 5.41) is 17.1. The second-order valence-corrected chi connectivity index (χ2v) is 7.83. The molecule has 0 spiro atoms. The first-order valence-electron chi connectivity index (χ1n) is 8.15. The molecule has 26 heavy (non-hydrogen) atoms. The summed E-state index contributed by atoms with van der Waals surface area (Å²) in [5.41, 5.74) is 0.888. The van der Waals surface area contributed by atoms with E-state index < -0.39 is 12.2 Å². The van der Waals surface area contributed by atoms with E-state index in [9.17, 15) is 9.90 Å². The zero-order chi connectivity index (χ0) is 17.9. The number of nitrogens with one attached hydrogen (secondary N) is 1. The van der Waals surface area contributed by atoms with E-state index in [0.29, 0.717) is 18.0 Å². The first-order valence-corrected chi connectivity index (χ1v) is 9.91. The maximum atomic E-state index is 12.3. The van der Waals surface area contributed by atoms with E-state index in [2.05, 4.69) is 5.32 Å². The van der Waals surface area contributed by atoms with Crippen LogP contribution in [0, 0.1) is 0 Å². The van der Waals surface area contributed by atoms with Gasteiger partial charge in [-0.3, -0.25) is 4.79 Å². The minimum atomic E-state index is -0.666.